The first-order valence-electron chi connectivity index (χ1n) is 7.51. The molecule has 0 spiro atoms. The van der Waals surface area contributed by atoms with Gasteiger partial charge in [0.15, 0.2) is 0 Å². The van der Waals surface area contributed by atoms with Crippen molar-refractivity contribution < 1.29 is 4.79 Å². The van der Waals surface area contributed by atoms with E-state index in [4.69, 9.17) is 0 Å². The molecule has 102 valence electrons. The Morgan fingerprint density at radius 2 is 1.94 bits per heavy atom. The second-order valence-electron chi connectivity index (χ2n) is 6.20. The molecule has 1 saturated carbocycles. The number of hydrogen-bond acceptors (Lipinski definition) is 2. The van der Waals surface area contributed by atoms with Crippen molar-refractivity contribution >= 4 is 6.03 Å². The van der Waals surface area contributed by atoms with Gasteiger partial charge in [0.2, 0.25) is 0 Å². The molecule has 0 aromatic carbocycles. The largest absolute Gasteiger partial charge is 0.325 e. The molecule has 0 radical (unpaired) electrons. The minimum Gasteiger partial charge on any atom is -0.325 e. The number of carbonyl (C=O) groups excluding carboxylic acids is 1. The van der Waals surface area contributed by atoms with Crippen molar-refractivity contribution in [3.05, 3.63) is 0 Å². The van der Waals surface area contributed by atoms with E-state index in [0.29, 0.717) is 18.0 Å². The summed E-state index contributed by atoms with van der Waals surface area (Å²) in [6.45, 7) is 3.02. The zero-order valence-corrected chi connectivity index (χ0v) is 11.4. The molecule has 1 N–H and O–H groups in total. The van der Waals surface area contributed by atoms with Gasteiger partial charge in [0.05, 0.1) is 0 Å². The third-order valence-corrected chi connectivity index (χ3v) is 5.06. The summed E-state index contributed by atoms with van der Waals surface area (Å²) < 4.78 is 0. The molecule has 0 aromatic heterocycles. The van der Waals surface area contributed by atoms with E-state index in [-0.39, 0.29) is 6.03 Å². The van der Waals surface area contributed by atoms with E-state index in [1.54, 1.807) is 0 Å². The van der Waals surface area contributed by atoms with Crippen LogP contribution in [-0.2, 0) is 0 Å². The maximum atomic E-state index is 12.5. The molecule has 3 rings (SSSR count). The molecular formula is C14H25N3O. The quantitative estimate of drug-likeness (QED) is 0.769. The number of amides is 2. The van der Waals surface area contributed by atoms with E-state index in [1.165, 1.54) is 38.5 Å². The monoisotopic (exact) mass is 251 g/mol. The molecule has 3 fully saturated rings. The van der Waals surface area contributed by atoms with E-state index in [1.807, 2.05) is 11.9 Å². The van der Waals surface area contributed by atoms with Crippen LogP contribution in [0.4, 0.5) is 4.79 Å². The number of fused-ring (bicyclic) bond motifs is 1. The van der Waals surface area contributed by atoms with Crippen molar-refractivity contribution in [3.63, 3.8) is 0 Å². The van der Waals surface area contributed by atoms with E-state index >= 15 is 0 Å². The van der Waals surface area contributed by atoms with Crippen molar-refractivity contribution in [1.29, 1.82) is 0 Å². The van der Waals surface area contributed by atoms with Crippen LogP contribution in [0.1, 0.15) is 38.5 Å². The highest BCUT2D eigenvalue weighted by atomic mass is 16.2. The highest BCUT2D eigenvalue weighted by molar-refractivity contribution is 5.75. The standard InChI is InChI=1S/C14H25N3O/c1-16(12-5-3-2-4-6-12)14(18)17-9-11-7-8-15-13(11)10-17/h11-13,15H,2-10H2,1H3/t11-,13+/m0/s1. The Bertz CT molecular complexity index is 298. The lowest BCUT2D eigenvalue weighted by Crippen LogP contribution is -2.46. The summed E-state index contributed by atoms with van der Waals surface area (Å²) in [5.41, 5.74) is 0. The number of likely N-dealkylation sites (tertiary alicyclic amines) is 1. The molecule has 2 saturated heterocycles. The van der Waals surface area contributed by atoms with Crippen molar-refractivity contribution in [2.24, 2.45) is 5.92 Å². The van der Waals surface area contributed by atoms with Crippen molar-refractivity contribution in [2.45, 2.75) is 50.6 Å². The third-order valence-electron chi connectivity index (χ3n) is 5.06. The van der Waals surface area contributed by atoms with Gasteiger partial charge in [-0.3, -0.25) is 0 Å². The van der Waals surface area contributed by atoms with Crippen LogP contribution in [0.15, 0.2) is 0 Å². The average Bonchev–Trinajstić information content (AvgIpc) is 2.99. The molecule has 18 heavy (non-hydrogen) atoms. The van der Waals surface area contributed by atoms with Crippen LogP contribution in [0, 0.1) is 5.92 Å². The number of nitrogens with zero attached hydrogens (tertiary/aromatic N) is 2. The van der Waals surface area contributed by atoms with Gasteiger partial charge in [-0.25, -0.2) is 4.79 Å². The van der Waals surface area contributed by atoms with E-state index < -0.39 is 0 Å². The minimum atomic E-state index is 0.262. The highest BCUT2D eigenvalue weighted by Crippen LogP contribution is 2.27. The lowest BCUT2D eigenvalue weighted by atomic mass is 9.95. The summed E-state index contributed by atoms with van der Waals surface area (Å²) in [4.78, 5) is 16.6. The summed E-state index contributed by atoms with van der Waals surface area (Å²) in [5, 5.41) is 3.51. The number of rotatable bonds is 1. The van der Waals surface area contributed by atoms with Gasteiger partial charge in [-0.05, 0) is 31.7 Å². The summed E-state index contributed by atoms with van der Waals surface area (Å²) in [7, 11) is 2.00. The number of carbonyl (C=O) groups is 1. The van der Waals surface area contributed by atoms with Crippen molar-refractivity contribution in [3.8, 4) is 0 Å². The Balaban J connectivity index is 1.57. The number of nitrogens with one attached hydrogen (secondary N) is 1. The summed E-state index contributed by atoms with van der Waals surface area (Å²) in [5.74, 6) is 0.703. The zero-order chi connectivity index (χ0) is 12.5. The second-order valence-corrected chi connectivity index (χ2v) is 6.20. The van der Waals surface area contributed by atoms with Crippen LogP contribution in [0.2, 0.25) is 0 Å². The Hall–Kier alpha value is -0.770. The van der Waals surface area contributed by atoms with E-state index in [0.717, 1.165) is 19.6 Å². The SMILES string of the molecule is CN(C(=O)N1C[C@@H]2CCN[C@@H]2C1)C1CCCCC1. The van der Waals surface area contributed by atoms with Crippen LogP contribution in [0.5, 0.6) is 0 Å². The fraction of sp³-hybridized carbons (Fsp3) is 0.929. The molecule has 1 aliphatic carbocycles. The third kappa shape index (κ3) is 2.22. The van der Waals surface area contributed by atoms with Gasteiger partial charge in [0, 0.05) is 32.2 Å². The van der Waals surface area contributed by atoms with Gasteiger partial charge in [-0.1, -0.05) is 19.3 Å². The van der Waals surface area contributed by atoms with E-state index in [2.05, 4.69) is 10.2 Å². The first-order valence-corrected chi connectivity index (χ1v) is 7.51. The summed E-state index contributed by atoms with van der Waals surface area (Å²) in [6, 6.07) is 1.31. The smallest absolute Gasteiger partial charge is 0.320 e. The van der Waals surface area contributed by atoms with Crippen LogP contribution < -0.4 is 5.32 Å². The lowest BCUT2D eigenvalue weighted by Gasteiger charge is -2.34. The van der Waals surface area contributed by atoms with Crippen LogP contribution in [0.3, 0.4) is 0 Å². The Labute approximate surface area is 110 Å². The van der Waals surface area contributed by atoms with Gasteiger partial charge >= 0.3 is 6.03 Å². The van der Waals surface area contributed by atoms with Gasteiger partial charge in [0.1, 0.15) is 0 Å². The molecule has 0 bridgehead atoms. The lowest BCUT2D eigenvalue weighted by molar-refractivity contribution is 0.140. The van der Waals surface area contributed by atoms with Crippen LogP contribution >= 0.6 is 0 Å². The second kappa shape index (κ2) is 5.08. The molecule has 4 heteroatoms. The van der Waals surface area contributed by atoms with Crippen molar-refractivity contribution in [2.75, 3.05) is 26.7 Å². The molecule has 2 atom stereocenters. The molecule has 2 aliphatic heterocycles. The van der Waals surface area contributed by atoms with Crippen LogP contribution in [-0.4, -0.2) is 54.6 Å². The van der Waals surface area contributed by atoms with Crippen LogP contribution in [0.25, 0.3) is 0 Å². The molecule has 2 heterocycles. The fourth-order valence-corrected chi connectivity index (χ4v) is 3.85. The maximum Gasteiger partial charge on any atom is 0.320 e. The number of urea groups is 1. The molecule has 2 amide bonds. The maximum absolute atomic E-state index is 12.5. The Morgan fingerprint density at radius 3 is 2.67 bits per heavy atom. The molecule has 0 aromatic rings. The Morgan fingerprint density at radius 1 is 1.17 bits per heavy atom. The Kier molecular flexibility index (Phi) is 3.46. The predicted octanol–water partition coefficient (Wildman–Crippen LogP) is 1.66. The fourth-order valence-electron chi connectivity index (χ4n) is 3.85. The molecular weight excluding hydrogens is 226 g/mol. The van der Waals surface area contributed by atoms with Gasteiger partial charge in [0.25, 0.3) is 0 Å². The molecule has 4 nitrogen and oxygen atoms in total. The normalized spacial score (nSPS) is 32.6. The first-order chi connectivity index (χ1) is 8.75. The van der Waals surface area contributed by atoms with Crippen molar-refractivity contribution in [1.82, 2.24) is 15.1 Å². The first kappa shape index (κ1) is 12.3. The molecule has 0 unspecified atom stereocenters. The summed E-state index contributed by atoms with van der Waals surface area (Å²) >= 11 is 0. The predicted molar refractivity (Wildman–Crippen MR) is 71.5 cm³/mol. The zero-order valence-electron chi connectivity index (χ0n) is 11.4. The van der Waals surface area contributed by atoms with E-state index in [9.17, 15) is 4.79 Å². The number of hydrogen-bond donors (Lipinski definition) is 1. The van der Waals surface area contributed by atoms with Gasteiger partial charge < -0.3 is 15.1 Å². The summed E-state index contributed by atoms with van der Waals surface area (Å²) in [6.07, 6.45) is 7.55. The minimum absolute atomic E-state index is 0.262. The molecule has 3 aliphatic rings. The van der Waals surface area contributed by atoms with Gasteiger partial charge in [-0.2, -0.15) is 0 Å². The topological polar surface area (TPSA) is 35.6 Å². The highest BCUT2D eigenvalue weighted by Gasteiger charge is 2.39. The average molecular weight is 251 g/mol. The van der Waals surface area contributed by atoms with Gasteiger partial charge in [-0.15, -0.1) is 0 Å².